The highest BCUT2D eigenvalue weighted by molar-refractivity contribution is 6.32. The normalized spacial score (nSPS) is 21.1. The van der Waals surface area contributed by atoms with E-state index in [1.807, 2.05) is 0 Å². The first-order valence-corrected chi connectivity index (χ1v) is 13.2. The first-order chi connectivity index (χ1) is 19.7. The van der Waals surface area contributed by atoms with E-state index in [2.05, 4.69) is 20.6 Å². The van der Waals surface area contributed by atoms with Crippen molar-refractivity contribution in [2.75, 3.05) is 18.7 Å². The van der Waals surface area contributed by atoms with Crippen molar-refractivity contribution in [1.29, 1.82) is 0 Å². The van der Waals surface area contributed by atoms with Gasteiger partial charge >= 0.3 is 29.8 Å². The molecule has 18 heteroatoms. The summed E-state index contributed by atoms with van der Waals surface area (Å²) in [5.41, 5.74) is 0.0404. The number of aromatic nitrogens is 5. The van der Waals surface area contributed by atoms with E-state index in [1.54, 1.807) is 23.9 Å². The average molecular weight is 612 g/mol. The number of rotatable bonds is 9. The third-order valence-electron chi connectivity index (χ3n) is 6.93. The Morgan fingerprint density at radius 1 is 1.00 bits per heavy atom. The largest absolute Gasteiger partial charge is 0.467 e. The molecule has 2 aliphatic heterocycles. The zero-order chi connectivity index (χ0) is 31.1. The zero-order valence-electron chi connectivity index (χ0n) is 23.9. The third kappa shape index (κ3) is 5.53. The van der Waals surface area contributed by atoms with Crippen molar-refractivity contribution in [1.82, 2.24) is 30.3 Å². The Kier molecular flexibility index (Phi) is 8.54. The van der Waals surface area contributed by atoms with E-state index in [9.17, 15) is 24.0 Å². The van der Waals surface area contributed by atoms with Crippen LogP contribution >= 0.6 is 11.6 Å². The van der Waals surface area contributed by atoms with E-state index < -0.39 is 72.4 Å². The molecule has 0 bridgehead atoms. The first kappa shape index (κ1) is 30.8. The van der Waals surface area contributed by atoms with Crippen LogP contribution in [-0.2, 0) is 53.2 Å². The second-order valence-corrected chi connectivity index (χ2v) is 10.6. The molecule has 0 N–H and O–H groups in total. The summed E-state index contributed by atoms with van der Waals surface area (Å²) in [5.74, 6) is -3.69. The van der Waals surface area contributed by atoms with Crippen molar-refractivity contribution < 1.29 is 47.7 Å². The van der Waals surface area contributed by atoms with Crippen LogP contribution in [0.5, 0.6) is 0 Å². The maximum absolute atomic E-state index is 13.2. The number of hydrazine groups is 1. The summed E-state index contributed by atoms with van der Waals surface area (Å²) in [7, 11) is 1.22. The van der Waals surface area contributed by atoms with Crippen LogP contribution in [0.1, 0.15) is 53.5 Å². The lowest BCUT2D eigenvalue weighted by molar-refractivity contribution is -0.195. The van der Waals surface area contributed by atoms with E-state index in [0.717, 1.165) is 32.3 Å². The van der Waals surface area contributed by atoms with Crippen LogP contribution < -0.4 is 5.01 Å². The molecule has 0 aromatic carbocycles. The topological polar surface area (TPSA) is 194 Å². The second kappa shape index (κ2) is 11.6. The van der Waals surface area contributed by atoms with Gasteiger partial charge in [0.25, 0.3) is 0 Å². The van der Waals surface area contributed by atoms with Gasteiger partial charge in [0.1, 0.15) is 18.3 Å². The number of esters is 5. The average Bonchev–Trinajstić information content (AvgIpc) is 3.56. The van der Waals surface area contributed by atoms with E-state index in [0.29, 0.717) is 11.3 Å². The lowest BCUT2D eigenvalue weighted by Gasteiger charge is -2.42. The molecular weight excluding hydrogens is 582 g/mol. The lowest BCUT2D eigenvalue weighted by atomic mass is 9.89. The van der Waals surface area contributed by atoms with Gasteiger partial charge < -0.3 is 23.7 Å². The number of tetrazole rings is 1. The van der Waals surface area contributed by atoms with Crippen LogP contribution in [0, 0.1) is 0 Å². The minimum atomic E-state index is -1.49. The molecule has 42 heavy (non-hydrogen) atoms. The fourth-order valence-corrected chi connectivity index (χ4v) is 5.88. The van der Waals surface area contributed by atoms with E-state index in [-0.39, 0.29) is 17.2 Å². The third-order valence-corrected chi connectivity index (χ3v) is 7.18. The minimum Gasteiger partial charge on any atom is -0.467 e. The van der Waals surface area contributed by atoms with Crippen molar-refractivity contribution in [2.45, 2.75) is 83.9 Å². The van der Waals surface area contributed by atoms with Gasteiger partial charge in [-0.05, 0) is 24.3 Å². The summed E-state index contributed by atoms with van der Waals surface area (Å²) < 4.78 is 28.1. The van der Waals surface area contributed by atoms with Crippen molar-refractivity contribution in [3.05, 3.63) is 10.7 Å². The van der Waals surface area contributed by atoms with Crippen LogP contribution in [-0.4, -0.2) is 104 Å². The molecule has 228 valence electrons. The maximum atomic E-state index is 13.2. The van der Waals surface area contributed by atoms with Gasteiger partial charge in [-0.25, -0.2) is 9.80 Å². The van der Waals surface area contributed by atoms with Crippen molar-refractivity contribution >= 4 is 52.8 Å². The Bertz CT molecular complexity index is 1430. The van der Waals surface area contributed by atoms with Gasteiger partial charge in [0.15, 0.2) is 23.5 Å². The summed E-state index contributed by atoms with van der Waals surface area (Å²) in [4.78, 5) is 61.8. The van der Waals surface area contributed by atoms with E-state index >= 15 is 0 Å². The maximum Gasteiger partial charge on any atom is 0.330 e. The molecule has 0 saturated carbocycles. The number of hydrogen-bond acceptors (Lipinski definition) is 16. The van der Waals surface area contributed by atoms with Crippen LogP contribution in [0.15, 0.2) is 0 Å². The smallest absolute Gasteiger partial charge is 0.330 e. The predicted molar refractivity (Wildman–Crippen MR) is 138 cm³/mol. The number of carbonyl (C=O) groups is 5. The quantitative estimate of drug-likeness (QED) is 0.273. The molecule has 1 saturated heterocycles. The van der Waals surface area contributed by atoms with E-state index in [1.165, 1.54) is 7.11 Å². The first-order valence-electron chi connectivity index (χ1n) is 12.8. The molecule has 0 spiro atoms. The van der Waals surface area contributed by atoms with Gasteiger partial charge in [-0.3, -0.25) is 24.2 Å². The summed E-state index contributed by atoms with van der Waals surface area (Å²) >= 11 is 6.63. The predicted octanol–water partition coefficient (Wildman–Crippen LogP) is 0.117. The number of anilines is 1. The van der Waals surface area contributed by atoms with Gasteiger partial charge in [-0.15, -0.1) is 14.8 Å². The fraction of sp³-hybridized carbons (Fsp3) is 0.625. The second-order valence-electron chi connectivity index (χ2n) is 10.2. The summed E-state index contributed by atoms with van der Waals surface area (Å²) in [6.07, 6.45) is -4.29. The van der Waals surface area contributed by atoms with Crippen molar-refractivity contribution in [3.8, 4) is 0 Å². The van der Waals surface area contributed by atoms with Crippen LogP contribution in [0.4, 0.5) is 5.69 Å². The molecule has 1 fully saturated rings. The lowest BCUT2D eigenvalue weighted by Crippen LogP contribution is -2.59. The summed E-state index contributed by atoms with van der Waals surface area (Å²) in [6.45, 7) is 7.60. The number of fused-ring (bicyclic) bond motifs is 5. The highest BCUT2D eigenvalue weighted by atomic mass is 35.5. The molecule has 2 aromatic heterocycles. The minimum absolute atomic E-state index is 0.0249. The highest BCUT2D eigenvalue weighted by Crippen LogP contribution is 2.54. The molecule has 0 aliphatic carbocycles. The number of ether oxygens (including phenoxy) is 5. The van der Waals surface area contributed by atoms with Gasteiger partial charge in [-0.1, -0.05) is 11.6 Å². The Labute approximate surface area is 244 Å². The van der Waals surface area contributed by atoms with E-state index in [4.69, 9.17) is 35.3 Å². The van der Waals surface area contributed by atoms with Crippen LogP contribution in [0.3, 0.4) is 0 Å². The molecule has 2 aliphatic rings. The molecule has 4 rings (SSSR count). The van der Waals surface area contributed by atoms with Crippen LogP contribution in [0.25, 0.3) is 5.65 Å². The van der Waals surface area contributed by atoms with Gasteiger partial charge in [0.05, 0.1) is 24.3 Å². The molecule has 0 radical (unpaired) electrons. The number of nitrogens with zero attached hydrogens (tertiary/aromatic N) is 7. The summed E-state index contributed by atoms with van der Waals surface area (Å²) in [6, 6.07) is -1.96. The van der Waals surface area contributed by atoms with Gasteiger partial charge in [-0.2, -0.15) is 0 Å². The Hall–Kier alpha value is -4.12. The number of methoxy groups -OCH3 is 1. The molecule has 2 unspecified atom stereocenters. The number of carbonyl (C=O) groups excluding carboxylic acids is 5. The Balaban J connectivity index is 1.91. The molecule has 17 nitrogen and oxygen atoms in total. The zero-order valence-corrected chi connectivity index (χ0v) is 24.6. The monoisotopic (exact) mass is 611 g/mol. The van der Waals surface area contributed by atoms with Gasteiger partial charge in [0, 0.05) is 34.1 Å². The molecule has 2 aromatic rings. The van der Waals surface area contributed by atoms with Crippen molar-refractivity contribution in [3.63, 3.8) is 0 Å². The standard InChI is InChI=1S/C24H30ClN7O10/c1-10(33)39-9-16(40-11(2)34)20(42-13(4)36)19(41-12(3)35)14-8-15(23(37)38-7)30-18-17(24(5,6)31(14)30)22-26-28-29-32(22)27-21(18)25/h14-16,19-20H,8-9H2,1-7H3/t14-,15-,16-,19?,20?/m0/s1. The molecule has 4 heterocycles. The summed E-state index contributed by atoms with van der Waals surface area (Å²) in [5, 5.41) is 19.1. The molecule has 0 amide bonds. The fourth-order valence-electron chi connectivity index (χ4n) is 5.63. The molecular formula is C24H30ClN7O10. The van der Waals surface area contributed by atoms with Crippen molar-refractivity contribution in [2.24, 2.45) is 0 Å². The number of hydrogen-bond donors (Lipinski definition) is 0. The Morgan fingerprint density at radius 2 is 1.64 bits per heavy atom. The highest BCUT2D eigenvalue weighted by Gasteiger charge is 2.62. The Morgan fingerprint density at radius 3 is 2.21 bits per heavy atom. The van der Waals surface area contributed by atoms with Crippen LogP contribution in [0.2, 0.25) is 5.15 Å². The molecule has 5 atom stereocenters. The number of halogens is 1. The SMILES string of the molecule is COC(=O)[C@@H]1C[C@@H](C(OC(C)=O)C(OC(C)=O)[C@H](COC(C)=O)OC(C)=O)N2N1c1c(Cl)nn3nnnc3c1C2(C)C. The van der Waals surface area contributed by atoms with Gasteiger partial charge in [0.2, 0.25) is 5.65 Å².